The first kappa shape index (κ1) is 14.9. The van der Waals surface area contributed by atoms with Gasteiger partial charge in [0.15, 0.2) is 0 Å². The number of amides is 1. The van der Waals surface area contributed by atoms with E-state index in [1.54, 1.807) is 6.07 Å². The molecule has 2 rings (SSSR count). The fourth-order valence-corrected chi connectivity index (χ4v) is 2.93. The van der Waals surface area contributed by atoms with E-state index in [-0.39, 0.29) is 17.1 Å². The lowest BCUT2D eigenvalue weighted by molar-refractivity contribution is -0.125. The highest BCUT2D eigenvalue weighted by Gasteiger charge is 2.40. The maximum Gasteiger partial charge on any atom is 0.231 e. The highest BCUT2D eigenvalue weighted by molar-refractivity contribution is 5.96. The number of rotatable bonds is 4. The number of nitrogens with one attached hydrogen (secondary N) is 2. The van der Waals surface area contributed by atoms with Gasteiger partial charge in [-0.15, -0.1) is 0 Å². The van der Waals surface area contributed by atoms with Crippen molar-refractivity contribution in [3.63, 3.8) is 0 Å². The van der Waals surface area contributed by atoms with E-state index in [0.29, 0.717) is 0 Å². The summed E-state index contributed by atoms with van der Waals surface area (Å²) in [4.78, 5) is 12.7. The van der Waals surface area contributed by atoms with Gasteiger partial charge in [0.2, 0.25) is 5.91 Å². The molecule has 1 aliphatic rings. The molecule has 1 unspecified atom stereocenters. The lowest BCUT2D eigenvalue weighted by Crippen LogP contribution is -2.38. The van der Waals surface area contributed by atoms with Crippen LogP contribution in [-0.4, -0.2) is 24.1 Å². The predicted molar refractivity (Wildman–Crippen MR) is 81.0 cm³/mol. The largest absolute Gasteiger partial charge is 0.508 e. The SMILES string of the molecule is CCCC1(C(=O)Nc2cc(C)c(O)cc2C)CCNC1. The highest BCUT2D eigenvalue weighted by Crippen LogP contribution is 2.33. The summed E-state index contributed by atoms with van der Waals surface area (Å²) in [7, 11) is 0. The quantitative estimate of drug-likeness (QED) is 0.741. The van der Waals surface area contributed by atoms with Crippen molar-refractivity contribution in [2.45, 2.75) is 40.0 Å². The summed E-state index contributed by atoms with van der Waals surface area (Å²) in [6.07, 6.45) is 2.80. The average molecular weight is 276 g/mol. The van der Waals surface area contributed by atoms with Gasteiger partial charge in [-0.2, -0.15) is 0 Å². The van der Waals surface area contributed by atoms with Crippen molar-refractivity contribution in [1.29, 1.82) is 0 Å². The fraction of sp³-hybridized carbons (Fsp3) is 0.562. The third-order valence-electron chi connectivity index (χ3n) is 4.25. The monoisotopic (exact) mass is 276 g/mol. The number of phenols is 1. The Morgan fingerprint density at radius 3 is 2.75 bits per heavy atom. The smallest absolute Gasteiger partial charge is 0.231 e. The van der Waals surface area contributed by atoms with Crippen LogP contribution in [0.1, 0.15) is 37.3 Å². The number of carbonyl (C=O) groups excluding carboxylic acids is 1. The van der Waals surface area contributed by atoms with Crippen LogP contribution in [0.25, 0.3) is 0 Å². The third kappa shape index (κ3) is 2.80. The molecule has 20 heavy (non-hydrogen) atoms. The number of aryl methyl sites for hydroxylation is 2. The summed E-state index contributed by atoms with van der Waals surface area (Å²) in [5, 5.41) is 16.0. The Morgan fingerprint density at radius 2 is 2.15 bits per heavy atom. The van der Waals surface area contributed by atoms with Crippen molar-refractivity contribution >= 4 is 11.6 Å². The molecule has 4 heteroatoms. The van der Waals surface area contributed by atoms with Gasteiger partial charge in [-0.05, 0) is 56.5 Å². The first-order valence-electron chi connectivity index (χ1n) is 7.31. The van der Waals surface area contributed by atoms with E-state index < -0.39 is 0 Å². The molecular formula is C16H24N2O2. The van der Waals surface area contributed by atoms with Crippen molar-refractivity contribution in [2.75, 3.05) is 18.4 Å². The molecule has 1 atom stereocenters. The van der Waals surface area contributed by atoms with Crippen LogP contribution in [-0.2, 0) is 4.79 Å². The highest BCUT2D eigenvalue weighted by atomic mass is 16.3. The van der Waals surface area contributed by atoms with E-state index in [1.165, 1.54) is 0 Å². The Kier molecular flexibility index (Phi) is 4.33. The molecule has 0 aromatic heterocycles. The Hall–Kier alpha value is -1.55. The normalized spacial score (nSPS) is 21.9. The number of anilines is 1. The summed E-state index contributed by atoms with van der Waals surface area (Å²) >= 11 is 0. The maximum absolute atomic E-state index is 12.7. The molecule has 1 saturated heterocycles. The zero-order chi connectivity index (χ0) is 14.8. The average Bonchev–Trinajstić information content (AvgIpc) is 2.86. The minimum atomic E-state index is -0.285. The Bertz CT molecular complexity index is 505. The first-order chi connectivity index (χ1) is 9.48. The molecule has 0 spiro atoms. The van der Waals surface area contributed by atoms with Gasteiger partial charge in [0.05, 0.1) is 5.41 Å². The summed E-state index contributed by atoms with van der Waals surface area (Å²) in [5.74, 6) is 0.365. The van der Waals surface area contributed by atoms with E-state index in [9.17, 15) is 9.90 Å². The molecule has 0 bridgehead atoms. The van der Waals surface area contributed by atoms with Gasteiger partial charge in [0, 0.05) is 12.2 Å². The number of phenolic OH excluding ortho intramolecular Hbond substituents is 1. The van der Waals surface area contributed by atoms with Crippen LogP contribution in [0.2, 0.25) is 0 Å². The molecule has 1 fully saturated rings. The van der Waals surface area contributed by atoms with Crippen molar-refractivity contribution in [3.05, 3.63) is 23.3 Å². The Balaban J connectivity index is 2.20. The second-order valence-electron chi connectivity index (χ2n) is 5.86. The van der Waals surface area contributed by atoms with Gasteiger partial charge >= 0.3 is 0 Å². The number of aromatic hydroxyl groups is 1. The van der Waals surface area contributed by atoms with Crippen LogP contribution < -0.4 is 10.6 Å². The van der Waals surface area contributed by atoms with Crippen molar-refractivity contribution in [2.24, 2.45) is 5.41 Å². The van der Waals surface area contributed by atoms with Crippen molar-refractivity contribution in [1.82, 2.24) is 5.32 Å². The molecule has 1 aromatic rings. The maximum atomic E-state index is 12.7. The van der Waals surface area contributed by atoms with E-state index >= 15 is 0 Å². The van der Waals surface area contributed by atoms with Gasteiger partial charge in [0.25, 0.3) is 0 Å². The van der Waals surface area contributed by atoms with Crippen molar-refractivity contribution in [3.8, 4) is 5.75 Å². The molecule has 1 aromatic carbocycles. The lowest BCUT2D eigenvalue weighted by Gasteiger charge is -2.27. The molecule has 1 heterocycles. The second-order valence-corrected chi connectivity index (χ2v) is 5.86. The van der Waals surface area contributed by atoms with Crippen LogP contribution in [0, 0.1) is 19.3 Å². The van der Waals surface area contributed by atoms with E-state index in [4.69, 9.17) is 0 Å². The van der Waals surface area contributed by atoms with Crippen LogP contribution >= 0.6 is 0 Å². The van der Waals surface area contributed by atoms with Gasteiger partial charge < -0.3 is 15.7 Å². The molecule has 1 amide bonds. The van der Waals surface area contributed by atoms with Gasteiger partial charge in [-0.1, -0.05) is 13.3 Å². The van der Waals surface area contributed by atoms with Crippen LogP contribution in [0.3, 0.4) is 0 Å². The second kappa shape index (κ2) is 5.83. The number of carbonyl (C=O) groups is 1. The van der Waals surface area contributed by atoms with Gasteiger partial charge in [0.1, 0.15) is 5.75 Å². The lowest BCUT2D eigenvalue weighted by atomic mass is 9.81. The number of benzene rings is 1. The van der Waals surface area contributed by atoms with Gasteiger partial charge in [-0.25, -0.2) is 0 Å². The predicted octanol–water partition coefficient (Wildman–Crippen LogP) is 2.73. The summed E-state index contributed by atoms with van der Waals surface area (Å²) in [6.45, 7) is 7.50. The molecular weight excluding hydrogens is 252 g/mol. The summed E-state index contributed by atoms with van der Waals surface area (Å²) in [5.41, 5.74) is 2.18. The zero-order valence-electron chi connectivity index (χ0n) is 12.5. The molecule has 0 radical (unpaired) electrons. The molecule has 1 aliphatic heterocycles. The topological polar surface area (TPSA) is 61.4 Å². The Morgan fingerprint density at radius 1 is 1.40 bits per heavy atom. The molecule has 0 aliphatic carbocycles. The van der Waals surface area contributed by atoms with E-state index in [1.807, 2.05) is 19.9 Å². The molecule has 3 N–H and O–H groups in total. The molecule has 110 valence electrons. The van der Waals surface area contributed by atoms with E-state index in [0.717, 1.165) is 49.2 Å². The van der Waals surface area contributed by atoms with Crippen LogP contribution in [0.15, 0.2) is 12.1 Å². The van der Waals surface area contributed by atoms with Crippen molar-refractivity contribution < 1.29 is 9.90 Å². The number of hydrogen-bond donors (Lipinski definition) is 3. The summed E-state index contributed by atoms with van der Waals surface area (Å²) < 4.78 is 0. The fourth-order valence-electron chi connectivity index (χ4n) is 2.93. The Labute approximate surface area is 120 Å². The van der Waals surface area contributed by atoms with E-state index in [2.05, 4.69) is 17.6 Å². The minimum absolute atomic E-state index is 0.0949. The van der Waals surface area contributed by atoms with Crippen LogP contribution in [0.4, 0.5) is 5.69 Å². The van der Waals surface area contributed by atoms with Crippen LogP contribution in [0.5, 0.6) is 5.75 Å². The minimum Gasteiger partial charge on any atom is -0.508 e. The summed E-state index contributed by atoms with van der Waals surface area (Å²) in [6, 6.07) is 3.54. The third-order valence-corrected chi connectivity index (χ3v) is 4.25. The number of hydrogen-bond acceptors (Lipinski definition) is 3. The molecule has 0 saturated carbocycles. The standard InChI is InChI=1S/C16H24N2O2/c1-4-5-16(6-7-17-10-16)15(20)18-13-8-12(3)14(19)9-11(13)2/h8-9,17,19H,4-7,10H2,1-3H3,(H,18,20). The first-order valence-corrected chi connectivity index (χ1v) is 7.31. The zero-order valence-corrected chi connectivity index (χ0v) is 12.5. The molecule has 4 nitrogen and oxygen atoms in total. The van der Waals surface area contributed by atoms with Gasteiger partial charge in [-0.3, -0.25) is 4.79 Å².